The van der Waals surface area contributed by atoms with Gasteiger partial charge in [0, 0.05) is 37.0 Å². The Kier molecular flexibility index (Phi) is 3.43. The van der Waals surface area contributed by atoms with Gasteiger partial charge in [0.25, 0.3) is 0 Å². The van der Waals surface area contributed by atoms with Gasteiger partial charge < -0.3 is 9.99 Å². The summed E-state index contributed by atoms with van der Waals surface area (Å²) in [6, 6.07) is 3.90. The highest BCUT2D eigenvalue weighted by atomic mass is 32.2. The van der Waals surface area contributed by atoms with Crippen LogP contribution in [0.25, 0.3) is 0 Å². The number of rotatable bonds is 4. The zero-order valence-corrected chi connectivity index (χ0v) is 9.74. The summed E-state index contributed by atoms with van der Waals surface area (Å²) in [5.41, 5.74) is 3.66. The number of hydrogen-bond donors (Lipinski definition) is 2. The summed E-state index contributed by atoms with van der Waals surface area (Å²) < 4.78 is 1.98. The Hall–Kier alpha value is -1.53. The smallest absolute Gasteiger partial charge is 0.167 e. The fraction of sp³-hybridized carbons (Fsp3) is 0.200. The molecule has 0 atom stereocenters. The molecule has 0 aromatic carbocycles. The molecule has 0 saturated carbocycles. The van der Waals surface area contributed by atoms with E-state index in [1.54, 1.807) is 24.2 Å². The van der Waals surface area contributed by atoms with Gasteiger partial charge in [-0.3, -0.25) is 0 Å². The van der Waals surface area contributed by atoms with E-state index in [1.165, 1.54) is 0 Å². The van der Waals surface area contributed by atoms with Crippen molar-refractivity contribution in [2.75, 3.05) is 5.43 Å². The predicted octanol–water partition coefficient (Wildman–Crippen LogP) is 1.39. The van der Waals surface area contributed by atoms with E-state index < -0.39 is 0 Å². The zero-order valence-electron chi connectivity index (χ0n) is 8.92. The van der Waals surface area contributed by atoms with Crippen molar-refractivity contribution in [1.82, 2.24) is 14.5 Å². The lowest BCUT2D eigenvalue weighted by Gasteiger charge is -2.06. The van der Waals surface area contributed by atoms with Crippen LogP contribution in [-0.2, 0) is 12.8 Å². The van der Waals surface area contributed by atoms with E-state index in [1.807, 2.05) is 29.9 Å². The number of nitrogens with two attached hydrogens (primary N) is 1. The normalized spacial score (nSPS) is 10.4. The van der Waals surface area contributed by atoms with Gasteiger partial charge in [-0.25, -0.2) is 15.8 Å². The Morgan fingerprint density at radius 1 is 1.44 bits per heavy atom. The molecular weight excluding hydrogens is 222 g/mol. The molecule has 2 rings (SSSR count). The molecule has 0 aliphatic carbocycles. The number of thioether (sulfide) groups is 1. The summed E-state index contributed by atoms with van der Waals surface area (Å²) >= 11 is 1.65. The fourth-order valence-corrected chi connectivity index (χ4v) is 2.24. The summed E-state index contributed by atoms with van der Waals surface area (Å²) in [5, 5.41) is 0.979. The summed E-state index contributed by atoms with van der Waals surface area (Å²) in [4.78, 5) is 8.38. The Balaban J connectivity index is 2.07. The molecule has 84 valence electrons. The molecule has 2 aromatic rings. The van der Waals surface area contributed by atoms with E-state index >= 15 is 0 Å². The first-order valence-electron chi connectivity index (χ1n) is 4.82. The second kappa shape index (κ2) is 5.00. The molecule has 3 N–H and O–H groups in total. The molecule has 0 radical (unpaired) electrons. The average Bonchev–Trinajstić information content (AvgIpc) is 2.72. The number of aryl methyl sites for hydroxylation is 1. The maximum Gasteiger partial charge on any atom is 0.167 e. The van der Waals surface area contributed by atoms with E-state index in [4.69, 9.17) is 5.84 Å². The first-order chi connectivity index (χ1) is 7.81. The van der Waals surface area contributed by atoms with Crippen molar-refractivity contribution in [3.63, 3.8) is 0 Å². The Bertz CT molecular complexity index is 468. The van der Waals surface area contributed by atoms with Crippen molar-refractivity contribution in [3.8, 4) is 0 Å². The quantitative estimate of drug-likeness (QED) is 0.476. The number of pyridine rings is 1. The first kappa shape index (κ1) is 11.0. The van der Waals surface area contributed by atoms with Crippen LogP contribution in [0.2, 0.25) is 0 Å². The van der Waals surface area contributed by atoms with Crippen molar-refractivity contribution in [2.45, 2.75) is 10.9 Å². The van der Waals surface area contributed by atoms with Gasteiger partial charge in [-0.05, 0) is 6.07 Å². The van der Waals surface area contributed by atoms with Crippen LogP contribution in [0.5, 0.6) is 0 Å². The molecule has 0 amide bonds. The molecule has 0 saturated heterocycles. The van der Waals surface area contributed by atoms with Gasteiger partial charge >= 0.3 is 0 Å². The minimum absolute atomic E-state index is 0.712. The van der Waals surface area contributed by atoms with Crippen molar-refractivity contribution >= 4 is 17.6 Å². The second-order valence-corrected chi connectivity index (χ2v) is 4.21. The van der Waals surface area contributed by atoms with Gasteiger partial charge in [-0.1, -0.05) is 17.8 Å². The van der Waals surface area contributed by atoms with Gasteiger partial charge in [0.1, 0.15) is 5.82 Å². The van der Waals surface area contributed by atoms with E-state index in [2.05, 4.69) is 15.4 Å². The second-order valence-electron chi connectivity index (χ2n) is 3.26. The Labute approximate surface area is 98.1 Å². The summed E-state index contributed by atoms with van der Waals surface area (Å²) in [7, 11) is 1.97. The van der Waals surface area contributed by atoms with Crippen LogP contribution >= 0.6 is 11.8 Å². The number of aromatic nitrogens is 3. The minimum Gasteiger partial charge on any atom is -0.329 e. The molecule has 0 unspecified atom stereocenters. The number of anilines is 1. The molecular formula is C10H13N5S. The van der Waals surface area contributed by atoms with E-state index in [0.29, 0.717) is 5.82 Å². The van der Waals surface area contributed by atoms with Crippen LogP contribution in [0.4, 0.5) is 5.82 Å². The average molecular weight is 235 g/mol. The maximum atomic E-state index is 5.39. The van der Waals surface area contributed by atoms with E-state index in [-0.39, 0.29) is 0 Å². The molecule has 2 aromatic heterocycles. The molecule has 0 spiro atoms. The number of nitrogen functional groups attached to an aromatic ring is 1. The lowest BCUT2D eigenvalue weighted by atomic mass is 10.3. The van der Waals surface area contributed by atoms with Crippen molar-refractivity contribution in [1.29, 1.82) is 0 Å². The molecule has 0 bridgehead atoms. The van der Waals surface area contributed by atoms with Crippen molar-refractivity contribution in [3.05, 3.63) is 36.3 Å². The van der Waals surface area contributed by atoms with Crippen LogP contribution in [-0.4, -0.2) is 14.5 Å². The van der Waals surface area contributed by atoms with Crippen molar-refractivity contribution in [2.24, 2.45) is 12.9 Å². The lowest BCUT2D eigenvalue weighted by Crippen LogP contribution is -2.10. The minimum atomic E-state index is 0.712. The highest BCUT2D eigenvalue weighted by Crippen LogP contribution is 2.23. The third kappa shape index (κ3) is 2.34. The van der Waals surface area contributed by atoms with Gasteiger partial charge in [0.05, 0.1) is 0 Å². The maximum absolute atomic E-state index is 5.39. The molecule has 6 heteroatoms. The topological polar surface area (TPSA) is 68.8 Å². The molecule has 5 nitrogen and oxygen atoms in total. The molecule has 0 aliphatic heterocycles. The van der Waals surface area contributed by atoms with Gasteiger partial charge in [0.2, 0.25) is 0 Å². The summed E-state index contributed by atoms with van der Waals surface area (Å²) in [5.74, 6) is 6.89. The predicted molar refractivity (Wildman–Crippen MR) is 64.8 cm³/mol. The lowest BCUT2D eigenvalue weighted by molar-refractivity contribution is 0.790. The van der Waals surface area contributed by atoms with Gasteiger partial charge in [0.15, 0.2) is 5.16 Å². The van der Waals surface area contributed by atoms with Crippen LogP contribution in [0.1, 0.15) is 5.56 Å². The third-order valence-electron chi connectivity index (χ3n) is 2.16. The number of imidazole rings is 1. The largest absolute Gasteiger partial charge is 0.329 e. The highest BCUT2D eigenvalue weighted by molar-refractivity contribution is 7.98. The molecule has 16 heavy (non-hydrogen) atoms. The summed E-state index contributed by atoms with van der Waals surface area (Å²) in [6.45, 7) is 0. The SMILES string of the molecule is Cn1ccnc1SCc1cccnc1NN. The highest BCUT2D eigenvalue weighted by Gasteiger charge is 2.05. The molecule has 2 heterocycles. The van der Waals surface area contributed by atoms with Crippen LogP contribution < -0.4 is 11.3 Å². The zero-order chi connectivity index (χ0) is 11.4. The van der Waals surface area contributed by atoms with Gasteiger partial charge in [-0.2, -0.15) is 0 Å². The van der Waals surface area contributed by atoms with Gasteiger partial charge in [-0.15, -0.1) is 0 Å². The first-order valence-corrected chi connectivity index (χ1v) is 5.80. The van der Waals surface area contributed by atoms with Crippen molar-refractivity contribution < 1.29 is 0 Å². The van der Waals surface area contributed by atoms with E-state index in [0.717, 1.165) is 16.5 Å². The number of hydrogen-bond acceptors (Lipinski definition) is 5. The van der Waals surface area contributed by atoms with Crippen LogP contribution in [0.3, 0.4) is 0 Å². The Morgan fingerprint density at radius 2 is 2.31 bits per heavy atom. The molecule has 0 fully saturated rings. The van der Waals surface area contributed by atoms with Crippen LogP contribution in [0.15, 0.2) is 35.9 Å². The molecule has 0 aliphatic rings. The number of nitrogens with one attached hydrogen (secondary N) is 1. The third-order valence-corrected chi connectivity index (χ3v) is 3.27. The monoisotopic (exact) mass is 235 g/mol. The number of hydrazine groups is 1. The summed E-state index contributed by atoms with van der Waals surface area (Å²) in [6.07, 6.45) is 5.42. The fourth-order valence-electron chi connectivity index (χ4n) is 1.32. The van der Waals surface area contributed by atoms with Crippen LogP contribution in [0, 0.1) is 0 Å². The standard InChI is InChI=1S/C10H13N5S/c1-15-6-5-13-10(15)16-7-8-3-2-4-12-9(8)14-11/h2-6H,7,11H2,1H3,(H,12,14). The Morgan fingerprint density at radius 3 is 3.00 bits per heavy atom. The van der Waals surface area contributed by atoms with E-state index in [9.17, 15) is 0 Å². The number of nitrogens with zero attached hydrogens (tertiary/aromatic N) is 3.